The third kappa shape index (κ3) is 4.53. The molecule has 1 aromatic rings. The van der Waals surface area contributed by atoms with Crippen LogP contribution in [-0.4, -0.2) is 46.6 Å². The number of benzene rings is 1. The van der Waals surface area contributed by atoms with E-state index in [0.717, 1.165) is 36.0 Å². The molecule has 33 heavy (non-hydrogen) atoms. The first kappa shape index (κ1) is 23.8. The van der Waals surface area contributed by atoms with Crippen molar-refractivity contribution in [2.24, 2.45) is 17.8 Å². The van der Waals surface area contributed by atoms with Crippen molar-refractivity contribution >= 4 is 25.0 Å². The van der Waals surface area contributed by atoms with Crippen molar-refractivity contribution in [1.29, 1.82) is 0 Å². The molecule has 0 bridgehead atoms. The predicted octanol–water partition coefficient (Wildman–Crippen LogP) is 4.19. The number of carbonyl (C=O) groups is 2. The van der Waals surface area contributed by atoms with E-state index in [4.69, 9.17) is 4.65 Å². The predicted molar refractivity (Wildman–Crippen MR) is 128 cm³/mol. The second-order valence-corrected chi connectivity index (χ2v) is 9.58. The van der Waals surface area contributed by atoms with Gasteiger partial charge in [0.15, 0.2) is 0 Å². The number of nitrogens with zero attached hydrogens (tertiary/aromatic N) is 1. The van der Waals surface area contributed by atoms with Crippen LogP contribution in [0.5, 0.6) is 5.75 Å². The fourth-order valence-electron chi connectivity index (χ4n) is 5.93. The summed E-state index contributed by atoms with van der Waals surface area (Å²) in [6, 6.07) is 7.27. The maximum Gasteiger partial charge on any atom is 0.455 e. The molecule has 7 heteroatoms. The molecule has 6 nitrogen and oxygen atoms in total. The lowest BCUT2D eigenvalue weighted by molar-refractivity contribution is -0.140. The first-order valence-corrected chi connectivity index (χ1v) is 12.2. The number of aromatic hydroxyl groups is 1. The van der Waals surface area contributed by atoms with Crippen molar-refractivity contribution in [3.8, 4) is 5.75 Å². The molecule has 2 saturated heterocycles. The molecule has 176 valence electrons. The molecule has 1 aromatic carbocycles. The fourth-order valence-corrected chi connectivity index (χ4v) is 5.93. The van der Waals surface area contributed by atoms with Crippen LogP contribution in [0.25, 0.3) is 6.08 Å². The molecule has 1 aliphatic carbocycles. The van der Waals surface area contributed by atoms with Gasteiger partial charge in [-0.15, -0.1) is 0 Å². The normalized spacial score (nSPS) is 27.8. The van der Waals surface area contributed by atoms with Crippen molar-refractivity contribution in [1.82, 2.24) is 4.90 Å². The SMILES string of the molecule is CCCN1C(=O)[C@@H]2[C@@H](CC(C)=C3[C@@H](CC/C(=C/c4ccccc4O)CC)OB(O)C[C@@H]32)C1=O. The summed E-state index contributed by atoms with van der Waals surface area (Å²) in [5.41, 5.74) is 4.21. The highest BCUT2D eigenvalue weighted by Crippen LogP contribution is 2.50. The van der Waals surface area contributed by atoms with Gasteiger partial charge in [0, 0.05) is 12.1 Å². The average molecular weight is 451 g/mol. The molecule has 0 radical (unpaired) electrons. The first-order chi connectivity index (χ1) is 15.8. The van der Waals surface area contributed by atoms with Gasteiger partial charge in [0.25, 0.3) is 0 Å². The zero-order valence-electron chi connectivity index (χ0n) is 19.8. The van der Waals surface area contributed by atoms with Crippen LogP contribution >= 0.6 is 0 Å². The molecule has 3 aliphatic rings. The van der Waals surface area contributed by atoms with Crippen LogP contribution in [0, 0.1) is 17.8 Å². The smallest absolute Gasteiger partial charge is 0.455 e. The highest BCUT2D eigenvalue weighted by Gasteiger charge is 2.56. The van der Waals surface area contributed by atoms with Crippen LogP contribution in [0.4, 0.5) is 0 Å². The van der Waals surface area contributed by atoms with Gasteiger partial charge in [0.2, 0.25) is 11.8 Å². The number of amides is 2. The van der Waals surface area contributed by atoms with Gasteiger partial charge in [0.1, 0.15) is 5.75 Å². The van der Waals surface area contributed by atoms with Crippen molar-refractivity contribution in [2.45, 2.75) is 65.3 Å². The summed E-state index contributed by atoms with van der Waals surface area (Å²) < 4.78 is 5.99. The molecule has 2 heterocycles. The van der Waals surface area contributed by atoms with E-state index >= 15 is 0 Å². The Balaban J connectivity index is 1.56. The van der Waals surface area contributed by atoms with E-state index in [1.165, 1.54) is 10.5 Å². The van der Waals surface area contributed by atoms with Gasteiger partial charge in [-0.25, -0.2) is 0 Å². The summed E-state index contributed by atoms with van der Waals surface area (Å²) in [4.78, 5) is 27.6. The van der Waals surface area contributed by atoms with Gasteiger partial charge >= 0.3 is 7.12 Å². The van der Waals surface area contributed by atoms with Gasteiger partial charge < -0.3 is 14.8 Å². The Kier molecular flexibility index (Phi) is 7.10. The highest BCUT2D eigenvalue weighted by molar-refractivity contribution is 6.43. The first-order valence-electron chi connectivity index (χ1n) is 12.2. The standard InChI is InChI=1S/C26H34BNO5/c1-4-12-28-25(30)19-13-16(3)23-20(24(19)26(28)31)15-27(32)33-22(23)11-10-17(5-2)14-18-8-6-7-9-21(18)29/h6-9,14,19-20,22,24,29,32H,4-5,10-13,15H2,1-3H3/b17-14+/t19-,20+,22-,24-/m1/s1. The molecular formula is C26H34BNO5. The molecule has 2 fully saturated rings. The molecular weight excluding hydrogens is 417 g/mol. The van der Waals surface area contributed by atoms with Crippen molar-refractivity contribution in [3.05, 3.63) is 46.5 Å². The minimum absolute atomic E-state index is 0.0540. The van der Waals surface area contributed by atoms with E-state index in [1.807, 2.05) is 32.1 Å². The topological polar surface area (TPSA) is 87.1 Å². The third-order valence-electron chi connectivity index (χ3n) is 7.47. The van der Waals surface area contributed by atoms with E-state index in [2.05, 4.69) is 6.92 Å². The molecule has 0 aromatic heterocycles. The largest absolute Gasteiger partial charge is 0.507 e. The number of phenolic OH excluding ortho intramolecular Hbond substituents is 1. The Labute approximate surface area is 196 Å². The monoisotopic (exact) mass is 451 g/mol. The van der Waals surface area contributed by atoms with E-state index in [0.29, 0.717) is 25.7 Å². The van der Waals surface area contributed by atoms with E-state index in [-0.39, 0.29) is 41.4 Å². The van der Waals surface area contributed by atoms with E-state index in [9.17, 15) is 19.7 Å². The second-order valence-electron chi connectivity index (χ2n) is 9.58. The minimum atomic E-state index is -0.939. The van der Waals surface area contributed by atoms with Gasteiger partial charge in [-0.05, 0) is 62.9 Å². The molecule has 4 atom stereocenters. The number of hydrogen-bond acceptors (Lipinski definition) is 5. The number of fused-ring (bicyclic) bond motifs is 3. The zero-order chi connectivity index (χ0) is 23.7. The number of allylic oxidation sites excluding steroid dienone is 2. The minimum Gasteiger partial charge on any atom is -0.507 e. The molecule has 4 rings (SSSR count). The van der Waals surface area contributed by atoms with Crippen LogP contribution in [-0.2, 0) is 14.2 Å². The van der Waals surface area contributed by atoms with Crippen LogP contribution in [0.3, 0.4) is 0 Å². The summed E-state index contributed by atoms with van der Waals surface area (Å²) in [6.07, 6.45) is 5.73. The highest BCUT2D eigenvalue weighted by atomic mass is 16.5. The molecule has 2 aliphatic heterocycles. The Morgan fingerprint density at radius 1 is 1.21 bits per heavy atom. The third-order valence-corrected chi connectivity index (χ3v) is 7.47. The van der Waals surface area contributed by atoms with Crippen LogP contribution < -0.4 is 0 Å². The number of para-hydroxylation sites is 1. The number of hydrogen-bond donors (Lipinski definition) is 2. The van der Waals surface area contributed by atoms with Gasteiger partial charge in [0.05, 0.1) is 17.9 Å². The number of imide groups is 1. The second kappa shape index (κ2) is 9.86. The quantitative estimate of drug-likeness (QED) is 0.369. The van der Waals surface area contributed by atoms with Crippen molar-refractivity contribution in [2.75, 3.05) is 6.54 Å². The summed E-state index contributed by atoms with van der Waals surface area (Å²) in [5, 5.41) is 20.7. The zero-order valence-corrected chi connectivity index (χ0v) is 19.8. The Bertz CT molecular complexity index is 987. The number of likely N-dealkylation sites (tertiary alicyclic amines) is 1. The van der Waals surface area contributed by atoms with Gasteiger partial charge in [-0.3, -0.25) is 14.5 Å². The summed E-state index contributed by atoms with van der Waals surface area (Å²) >= 11 is 0. The van der Waals surface area contributed by atoms with Crippen LogP contribution in [0.1, 0.15) is 58.4 Å². The Morgan fingerprint density at radius 3 is 2.67 bits per heavy atom. The summed E-state index contributed by atoms with van der Waals surface area (Å²) in [7, 11) is -0.939. The molecule has 0 unspecified atom stereocenters. The van der Waals surface area contributed by atoms with E-state index in [1.54, 1.807) is 12.1 Å². The van der Waals surface area contributed by atoms with Crippen LogP contribution in [0.2, 0.25) is 6.32 Å². The maximum absolute atomic E-state index is 13.2. The number of rotatable bonds is 7. The number of phenols is 1. The Morgan fingerprint density at radius 2 is 1.97 bits per heavy atom. The summed E-state index contributed by atoms with van der Waals surface area (Å²) in [5.74, 6) is -0.721. The lowest BCUT2D eigenvalue weighted by Gasteiger charge is -2.42. The fraction of sp³-hybridized carbons (Fsp3) is 0.538. The molecule has 2 amide bonds. The Hall–Kier alpha value is -2.38. The van der Waals surface area contributed by atoms with Crippen molar-refractivity contribution in [3.63, 3.8) is 0 Å². The van der Waals surface area contributed by atoms with E-state index < -0.39 is 7.12 Å². The lowest BCUT2D eigenvalue weighted by Crippen LogP contribution is -2.46. The number of carbonyl (C=O) groups excluding carboxylic acids is 2. The van der Waals surface area contributed by atoms with Gasteiger partial charge in [-0.2, -0.15) is 0 Å². The molecule has 0 saturated carbocycles. The average Bonchev–Trinajstić information content (AvgIpc) is 3.02. The van der Waals surface area contributed by atoms with Crippen molar-refractivity contribution < 1.29 is 24.4 Å². The lowest BCUT2D eigenvalue weighted by atomic mass is 9.59. The molecule has 2 N–H and O–H groups in total. The van der Waals surface area contributed by atoms with Gasteiger partial charge in [-0.1, -0.05) is 49.3 Å². The maximum atomic E-state index is 13.2. The molecule has 0 spiro atoms. The summed E-state index contributed by atoms with van der Waals surface area (Å²) in [6.45, 7) is 6.57. The van der Waals surface area contributed by atoms with Crippen LogP contribution in [0.15, 0.2) is 41.0 Å².